The van der Waals surface area contributed by atoms with Crippen LogP contribution in [0.4, 0.5) is 0 Å². The number of likely N-dealkylation sites (N-methyl/N-ethyl adjacent to an activating group) is 1. The summed E-state index contributed by atoms with van der Waals surface area (Å²) in [6.45, 7) is 9.28. The largest absolute Gasteiger partial charge is 0.341 e. The number of nitrogens with one attached hydrogen (secondary N) is 1. The molecule has 0 aromatic carbocycles. The number of carbonyl (C=O) groups is 1. The van der Waals surface area contributed by atoms with Crippen LogP contribution in [0.15, 0.2) is 0 Å². The van der Waals surface area contributed by atoms with Crippen molar-refractivity contribution in [3.05, 3.63) is 0 Å². The zero-order valence-electron chi connectivity index (χ0n) is 14.0. The van der Waals surface area contributed by atoms with Gasteiger partial charge in [-0.25, -0.2) is 0 Å². The fraction of sp³-hybridized carbons (Fsp3) is 0.938. The maximum atomic E-state index is 12.5. The molecule has 0 saturated carbocycles. The van der Waals surface area contributed by atoms with Gasteiger partial charge in [0.05, 0.1) is 6.04 Å². The maximum Gasteiger partial charge on any atom is 0.239 e. The standard InChI is InChI=1S/C16H33N3O/c1-13(2)15(12-18(4)5)17-14(3)16(20)19-10-8-6-7-9-11-19/h13-15,17H,6-12H2,1-5H3. The summed E-state index contributed by atoms with van der Waals surface area (Å²) in [5, 5.41) is 3.53. The predicted molar refractivity (Wildman–Crippen MR) is 84.8 cm³/mol. The first-order valence-electron chi connectivity index (χ1n) is 8.11. The summed E-state index contributed by atoms with van der Waals surface area (Å²) in [5.74, 6) is 0.799. The Hall–Kier alpha value is -0.610. The van der Waals surface area contributed by atoms with E-state index in [1.807, 2.05) is 6.92 Å². The van der Waals surface area contributed by atoms with Gasteiger partial charge in [-0.3, -0.25) is 4.79 Å². The van der Waals surface area contributed by atoms with E-state index in [1.54, 1.807) is 0 Å². The number of rotatable bonds is 6. The van der Waals surface area contributed by atoms with Gasteiger partial charge in [0, 0.05) is 25.7 Å². The van der Waals surface area contributed by atoms with E-state index in [4.69, 9.17) is 0 Å². The van der Waals surface area contributed by atoms with Crippen LogP contribution >= 0.6 is 0 Å². The lowest BCUT2D eigenvalue weighted by Gasteiger charge is -2.31. The van der Waals surface area contributed by atoms with E-state index in [1.165, 1.54) is 12.8 Å². The molecule has 4 heteroatoms. The molecule has 0 spiro atoms. The molecule has 20 heavy (non-hydrogen) atoms. The van der Waals surface area contributed by atoms with E-state index in [0.717, 1.165) is 32.5 Å². The molecule has 1 N–H and O–H groups in total. The Balaban J connectivity index is 2.53. The second-order valence-electron chi connectivity index (χ2n) is 6.74. The quantitative estimate of drug-likeness (QED) is 0.809. The second kappa shape index (κ2) is 8.63. The first-order valence-corrected chi connectivity index (χ1v) is 8.11. The number of hydrogen-bond acceptors (Lipinski definition) is 3. The van der Waals surface area contributed by atoms with E-state index in [2.05, 4.69) is 43.1 Å². The lowest BCUT2D eigenvalue weighted by molar-refractivity contribution is -0.133. The lowest BCUT2D eigenvalue weighted by Crippen LogP contribution is -2.52. The van der Waals surface area contributed by atoms with E-state index in [-0.39, 0.29) is 11.9 Å². The van der Waals surface area contributed by atoms with Crippen LogP contribution in [0.5, 0.6) is 0 Å². The predicted octanol–water partition coefficient (Wildman–Crippen LogP) is 1.95. The number of hydrogen-bond donors (Lipinski definition) is 1. The van der Waals surface area contributed by atoms with Crippen LogP contribution in [0.1, 0.15) is 46.5 Å². The molecule has 4 nitrogen and oxygen atoms in total. The Morgan fingerprint density at radius 1 is 1.10 bits per heavy atom. The molecule has 118 valence electrons. The third-order valence-corrected chi connectivity index (χ3v) is 4.12. The third kappa shape index (κ3) is 5.80. The molecule has 0 aliphatic carbocycles. The Morgan fingerprint density at radius 2 is 1.65 bits per heavy atom. The summed E-state index contributed by atoms with van der Waals surface area (Å²) in [4.78, 5) is 16.8. The highest BCUT2D eigenvalue weighted by Gasteiger charge is 2.25. The van der Waals surface area contributed by atoms with E-state index in [0.29, 0.717) is 12.0 Å². The monoisotopic (exact) mass is 283 g/mol. The molecule has 1 aliphatic heterocycles. The van der Waals surface area contributed by atoms with Crippen molar-refractivity contribution in [3.8, 4) is 0 Å². The molecular formula is C16H33N3O. The van der Waals surface area contributed by atoms with Gasteiger partial charge >= 0.3 is 0 Å². The number of nitrogens with zero attached hydrogens (tertiary/aromatic N) is 2. The number of carbonyl (C=O) groups excluding carboxylic acids is 1. The van der Waals surface area contributed by atoms with E-state index >= 15 is 0 Å². The Bertz CT molecular complexity index is 283. The van der Waals surface area contributed by atoms with Crippen molar-refractivity contribution in [1.82, 2.24) is 15.1 Å². The molecule has 1 aliphatic rings. The molecule has 0 bridgehead atoms. The van der Waals surface area contributed by atoms with Crippen LogP contribution in [0.3, 0.4) is 0 Å². The van der Waals surface area contributed by atoms with Crippen LogP contribution in [0.2, 0.25) is 0 Å². The lowest BCUT2D eigenvalue weighted by atomic mass is 10.0. The minimum Gasteiger partial charge on any atom is -0.341 e. The molecule has 0 aromatic rings. The zero-order valence-corrected chi connectivity index (χ0v) is 14.0. The first-order chi connectivity index (χ1) is 9.41. The highest BCUT2D eigenvalue weighted by molar-refractivity contribution is 5.81. The van der Waals surface area contributed by atoms with Gasteiger partial charge in [0.15, 0.2) is 0 Å². The maximum absolute atomic E-state index is 12.5. The molecule has 2 atom stereocenters. The van der Waals surface area contributed by atoms with Crippen molar-refractivity contribution in [2.45, 2.75) is 58.5 Å². The van der Waals surface area contributed by atoms with Crippen molar-refractivity contribution >= 4 is 5.91 Å². The fourth-order valence-electron chi connectivity index (χ4n) is 2.81. The molecule has 1 amide bonds. The van der Waals surface area contributed by atoms with Gasteiger partial charge in [-0.05, 0) is 39.8 Å². The molecule has 1 fully saturated rings. The second-order valence-corrected chi connectivity index (χ2v) is 6.74. The van der Waals surface area contributed by atoms with Crippen LogP contribution in [0, 0.1) is 5.92 Å². The van der Waals surface area contributed by atoms with Crippen molar-refractivity contribution in [3.63, 3.8) is 0 Å². The summed E-state index contributed by atoms with van der Waals surface area (Å²) >= 11 is 0. The highest BCUT2D eigenvalue weighted by Crippen LogP contribution is 2.12. The Labute approximate surface area is 124 Å². The molecular weight excluding hydrogens is 250 g/mol. The summed E-state index contributed by atoms with van der Waals surface area (Å²) in [5.41, 5.74) is 0. The topological polar surface area (TPSA) is 35.6 Å². The van der Waals surface area contributed by atoms with Crippen LogP contribution < -0.4 is 5.32 Å². The summed E-state index contributed by atoms with van der Waals surface area (Å²) in [7, 11) is 4.16. The number of amides is 1. The zero-order chi connectivity index (χ0) is 15.1. The van der Waals surface area contributed by atoms with Gasteiger partial charge < -0.3 is 15.1 Å². The van der Waals surface area contributed by atoms with Crippen LogP contribution in [-0.4, -0.2) is 61.5 Å². The van der Waals surface area contributed by atoms with Gasteiger partial charge in [0.1, 0.15) is 0 Å². The van der Waals surface area contributed by atoms with Gasteiger partial charge in [-0.1, -0.05) is 26.7 Å². The molecule has 1 saturated heterocycles. The first kappa shape index (κ1) is 17.4. The summed E-state index contributed by atoms with van der Waals surface area (Å²) in [6, 6.07) is 0.274. The minimum absolute atomic E-state index is 0.0829. The van der Waals surface area contributed by atoms with E-state index < -0.39 is 0 Å². The molecule has 1 heterocycles. The number of likely N-dealkylation sites (tertiary alicyclic amines) is 1. The van der Waals surface area contributed by atoms with Crippen molar-refractivity contribution < 1.29 is 4.79 Å². The van der Waals surface area contributed by atoms with Crippen LogP contribution in [-0.2, 0) is 4.79 Å². The van der Waals surface area contributed by atoms with Gasteiger partial charge in [0.25, 0.3) is 0 Å². The smallest absolute Gasteiger partial charge is 0.239 e. The SMILES string of the molecule is CC(NC(CN(C)C)C(C)C)C(=O)N1CCCCCC1. The van der Waals surface area contributed by atoms with Crippen molar-refractivity contribution in [2.75, 3.05) is 33.7 Å². The molecule has 0 radical (unpaired) electrons. The minimum atomic E-state index is -0.0829. The van der Waals surface area contributed by atoms with E-state index in [9.17, 15) is 4.79 Å². The van der Waals surface area contributed by atoms with Crippen LogP contribution in [0.25, 0.3) is 0 Å². The molecule has 2 unspecified atom stereocenters. The van der Waals surface area contributed by atoms with Gasteiger partial charge in [-0.15, -0.1) is 0 Å². The third-order valence-electron chi connectivity index (χ3n) is 4.12. The van der Waals surface area contributed by atoms with Crippen molar-refractivity contribution in [2.24, 2.45) is 5.92 Å². The summed E-state index contributed by atoms with van der Waals surface area (Å²) in [6.07, 6.45) is 4.84. The Kier molecular flexibility index (Phi) is 7.52. The average Bonchev–Trinajstić information content (AvgIpc) is 2.65. The fourth-order valence-corrected chi connectivity index (χ4v) is 2.81. The Morgan fingerprint density at radius 3 is 2.10 bits per heavy atom. The average molecular weight is 283 g/mol. The van der Waals surface area contributed by atoms with Gasteiger partial charge in [-0.2, -0.15) is 0 Å². The normalized spacial score (nSPS) is 20.1. The van der Waals surface area contributed by atoms with Gasteiger partial charge in [0.2, 0.25) is 5.91 Å². The molecule has 0 aromatic heterocycles. The highest BCUT2D eigenvalue weighted by atomic mass is 16.2. The molecule has 1 rings (SSSR count). The summed E-state index contributed by atoms with van der Waals surface area (Å²) < 4.78 is 0. The van der Waals surface area contributed by atoms with Crippen molar-refractivity contribution in [1.29, 1.82) is 0 Å².